The van der Waals surface area contributed by atoms with E-state index < -0.39 is 4.92 Å². The molecule has 0 unspecified atom stereocenters. The second-order valence-corrected chi connectivity index (χ2v) is 4.73. The smallest absolute Gasteiger partial charge is 0.342 e. The summed E-state index contributed by atoms with van der Waals surface area (Å²) in [7, 11) is 1.51. The van der Waals surface area contributed by atoms with Gasteiger partial charge in [0.25, 0.3) is 0 Å². The van der Waals surface area contributed by atoms with Crippen LogP contribution >= 0.6 is 0 Å². The van der Waals surface area contributed by atoms with Gasteiger partial charge in [-0.3, -0.25) is 4.79 Å². The monoisotopic (exact) mass is 285 g/mol. The molecule has 0 N–H and O–H groups in total. The highest BCUT2D eigenvalue weighted by atomic mass is 16.6. The van der Waals surface area contributed by atoms with Crippen LogP contribution in [0, 0.1) is 17.0 Å². The minimum absolute atomic E-state index is 0.110. The number of Topliss-reactive ketones (excluding diaryl/α,β-unsaturated/α-hetero) is 1. The number of ether oxygens (including phenoxy) is 1. The van der Waals surface area contributed by atoms with Crippen molar-refractivity contribution < 1.29 is 14.5 Å². The van der Waals surface area contributed by atoms with Crippen molar-refractivity contribution in [1.29, 1.82) is 0 Å². The number of hydrogen-bond donors (Lipinski definition) is 0. The summed E-state index contributed by atoms with van der Waals surface area (Å²) in [6, 6.07) is 5.32. The maximum atomic E-state index is 12.2. The molecule has 1 aliphatic rings. The van der Waals surface area contributed by atoms with E-state index in [9.17, 15) is 14.9 Å². The summed E-state index contributed by atoms with van der Waals surface area (Å²) in [5.74, 6) is 0.481. The van der Waals surface area contributed by atoms with E-state index in [4.69, 9.17) is 4.74 Å². The average molecular weight is 285 g/mol. The summed E-state index contributed by atoms with van der Waals surface area (Å²) in [5.41, 5.74) is 1.45. The Hall–Kier alpha value is -2.96. The Kier molecular flexibility index (Phi) is 2.83. The highest BCUT2D eigenvalue weighted by Crippen LogP contribution is 2.32. The van der Waals surface area contributed by atoms with Crippen LogP contribution in [-0.4, -0.2) is 20.3 Å². The maximum absolute atomic E-state index is 12.2. The molecule has 1 aliphatic heterocycles. The third kappa shape index (κ3) is 2.08. The molecule has 0 saturated carbocycles. The van der Waals surface area contributed by atoms with E-state index in [0.717, 1.165) is 11.8 Å². The van der Waals surface area contributed by atoms with E-state index in [-0.39, 0.29) is 23.2 Å². The summed E-state index contributed by atoms with van der Waals surface area (Å²) < 4.78 is 6.78. The van der Waals surface area contributed by atoms with Crippen LogP contribution in [-0.2, 0) is 7.05 Å². The molecule has 0 amide bonds. The molecule has 0 saturated heterocycles. The Morgan fingerprint density at radius 1 is 1.43 bits per heavy atom. The SMILES string of the molecule is Cc1ccc2c(c1)C(=O)/C(=C/c1ncc([N+](=O)[O-])n1C)O2. The number of nitro groups is 1. The van der Waals surface area contributed by atoms with Gasteiger partial charge in [-0.15, -0.1) is 0 Å². The number of ketones is 1. The van der Waals surface area contributed by atoms with Crippen LogP contribution in [0.25, 0.3) is 6.08 Å². The van der Waals surface area contributed by atoms with Crippen molar-refractivity contribution in [3.63, 3.8) is 0 Å². The summed E-state index contributed by atoms with van der Waals surface area (Å²) in [5, 5.41) is 10.8. The zero-order valence-corrected chi connectivity index (χ0v) is 11.4. The number of nitrogens with zero attached hydrogens (tertiary/aromatic N) is 3. The number of carbonyl (C=O) groups excluding carboxylic acids is 1. The zero-order chi connectivity index (χ0) is 15.1. The second kappa shape index (κ2) is 4.55. The predicted molar refractivity (Wildman–Crippen MR) is 74.0 cm³/mol. The van der Waals surface area contributed by atoms with Gasteiger partial charge in [0.1, 0.15) is 11.9 Å². The van der Waals surface area contributed by atoms with Crippen LogP contribution in [0.2, 0.25) is 0 Å². The number of aromatic nitrogens is 2. The fourth-order valence-corrected chi connectivity index (χ4v) is 2.14. The van der Waals surface area contributed by atoms with Crippen LogP contribution in [0.5, 0.6) is 5.75 Å². The van der Waals surface area contributed by atoms with Gasteiger partial charge < -0.3 is 14.9 Å². The molecule has 0 radical (unpaired) electrons. The van der Waals surface area contributed by atoms with Crippen molar-refractivity contribution in [2.24, 2.45) is 7.05 Å². The lowest BCUT2D eigenvalue weighted by atomic mass is 10.1. The largest absolute Gasteiger partial charge is 0.452 e. The van der Waals surface area contributed by atoms with Crippen LogP contribution in [0.15, 0.2) is 30.2 Å². The maximum Gasteiger partial charge on any atom is 0.342 e. The van der Waals surface area contributed by atoms with Crippen molar-refractivity contribution in [2.45, 2.75) is 6.92 Å². The molecule has 1 aromatic heterocycles. The summed E-state index contributed by atoms with van der Waals surface area (Å²) in [6.07, 6.45) is 2.55. The molecule has 21 heavy (non-hydrogen) atoms. The van der Waals surface area contributed by atoms with Crippen molar-refractivity contribution in [3.05, 3.63) is 57.2 Å². The Morgan fingerprint density at radius 2 is 2.19 bits per heavy atom. The number of rotatable bonds is 2. The molecule has 1 aromatic carbocycles. The highest BCUT2D eigenvalue weighted by molar-refractivity contribution is 6.14. The predicted octanol–water partition coefficient (Wildman–Crippen LogP) is 2.25. The molecule has 0 fully saturated rings. The molecule has 2 aromatic rings. The van der Waals surface area contributed by atoms with Gasteiger partial charge in [-0.2, -0.15) is 0 Å². The molecule has 0 atom stereocenters. The van der Waals surface area contributed by atoms with E-state index in [1.165, 1.54) is 17.7 Å². The molecule has 0 aliphatic carbocycles. The van der Waals surface area contributed by atoms with Crippen molar-refractivity contribution in [2.75, 3.05) is 0 Å². The minimum Gasteiger partial charge on any atom is -0.452 e. The molecular weight excluding hydrogens is 274 g/mol. The van der Waals surface area contributed by atoms with Gasteiger partial charge in [-0.25, -0.2) is 9.55 Å². The normalized spacial score (nSPS) is 15.1. The summed E-state index contributed by atoms with van der Waals surface area (Å²) in [6.45, 7) is 1.89. The topological polar surface area (TPSA) is 87.3 Å². The van der Waals surface area contributed by atoms with Crippen molar-refractivity contribution in [3.8, 4) is 5.75 Å². The fraction of sp³-hybridized carbons (Fsp3) is 0.143. The third-order valence-corrected chi connectivity index (χ3v) is 3.27. The Balaban J connectivity index is 2.00. The lowest BCUT2D eigenvalue weighted by Gasteiger charge is -1.98. The molecule has 3 rings (SSSR count). The van der Waals surface area contributed by atoms with Crippen molar-refractivity contribution >= 4 is 17.7 Å². The molecule has 106 valence electrons. The van der Waals surface area contributed by atoms with Gasteiger partial charge in [0.15, 0.2) is 5.76 Å². The van der Waals surface area contributed by atoms with Gasteiger partial charge in [0.2, 0.25) is 11.6 Å². The summed E-state index contributed by atoms with van der Waals surface area (Å²) >= 11 is 0. The van der Waals surface area contributed by atoms with E-state index >= 15 is 0 Å². The van der Waals surface area contributed by atoms with E-state index in [1.807, 2.05) is 13.0 Å². The van der Waals surface area contributed by atoms with Crippen LogP contribution in [0.4, 0.5) is 5.82 Å². The number of fused-ring (bicyclic) bond motifs is 1. The standard InChI is InChI=1S/C14H11N3O4/c1-8-3-4-10-9(5-8)14(18)11(21-10)6-12-15-7-13(16(12)2)17(19)20/h3-7H,1-2H3/b11-6-. The van der Waals surface area contributed by atoms with Gasteiger partial charge in [0, 0.05) is 0 Å². The quantitative estimate of drug-likeness (QED) is 0.480. The number of aryl methyl sites for hydroxylation is 1. The molecule has 7 nitrogen and oxygen atoms in total. The zero-order valence-electron chi connectivity index (χ0n) is 11.4. The Bertz CT molecular complexity index is 805. The lowest BCUT2D eigenvalue weighted by Crippen LogP contribution is -2.02. The first-order valence-corrected chi connectivity index (χ1v) is 6.18. The summed E-state index contributed by atoms with van der Waals surface area (Å²) in [4.78, 5) is 26.4. The molecule has 0 spiro atoms. The number of carbonyl (C=O) groups is 1. The minimum atomic E-state index is -0.537. The lowest BCUT2D eigenvalue weighted by molar-refractivity contribution is -0.391. The van der Waals surface area contributed by atoms with Crippen LogP contribution < -0.4 is 4.74 Å². The Morgan fingerprint density at radius 3 is 2.86 bits per heavy atom. The van der Waals surface area contributed by atoms with Gasteiger partial charge in [0.05, 0.1) is 18.7 Å². The third-order valence-electron chi connectivity index (χ3n) is 3.27. The number of imidazole rings is 1. The molecule has 0 bridgehead atoms. The van der Waals surface area contributed by atoms with Gasteiger partial charge >= 0.3 is 5.82 Å². The average Bonchev–Trinajstić information content (AvgIpc) is 2.94. The first-order chi connectivity index (χ1) is 9.97. The van der Waals surface area contributed by atoms with Gasteiger partial charge in [-0.1, -0.05) is 11.6 Å². The van der Waals surface area contributed by atoms with E-state index in [1.54, 1.807) is 12.1 Å². The Labute approximate surface area is 119 Å². The molecule has 7 heteroatoms. The highest BCUT2D eigenvalue weighted by Gasteiger charge is 2.28. The first kappa shape index (κ1) is 13.0. The number of benzene rings is 1. The number of allylic oxidation sites excluding steroid dienone is 1. The molecular formula is C14H11N3O4. The molecule has 2 heterocycles. The second-order valence-electron chi connectivity index (χ2n) is 4.73. The van der Waals surface area contributed by atoms with Crippen LogP contribution in [0.3, 0.4) is 0 Å². The van der Waals surface area contributed by atoms with E-state index in [2.05, 4.69) is 4.98 Å². The van der Waals surface area contributed by atoms with Crippen LogP contribution in [0.1, 0.15) is 21.7 Å². The van der Waals surface area contributed by atoms with Crippen molar-refractivity contribution in [1.82, 2.24) is 9.55 Å². The van der Waals surface area contributed by atoms with Gasteiger partial charge in [-0.05, 0) is 24.0 Å². The number of hydrogen-bond acceptors (Lipinski definition) is 5. The fourth-order valence-electron chi connectivity index (χ4n) is 2.14. The first-order valence-electron chi connectivity index (χ1n) is 6.18. The van der Waals surface area contributed by atoms with E-state index in [0.29, 0.717) is 11.3 Å².